The van der Waals surface area contributed by atoms with Crippen molar-refractivity contribution in [2.75, 3.05) is 18.6 Å². The number of hydrogen-bond donors (Lipinski definition) is 2. The standard InChI is InChI=1S/C28H25NO7/c1-4-36-28(34)17-8-11-20(12-9-17)29-24(18-6-5-7-21(30)15-18)23(26(32)27(29)33)25(31)19-10-13-22(35-3)16(2)14-19/h5-15,24,30-31H,4H2,1-3H3/b25-23-. The fraction of sp³-hybridized carbons (Fsp3) is 0.179. The first kappa shape index (κ1) is 24.5. The van der Waals surface area contributed by atoms with E-state index in [0.29, 0.717) is 28.1 Å². The highest BCUT2D eigenvalue weighted by Gasteiger charge is 2.47. The van der Waals surface area contributed by atoms with Crippen molar-refractivity contribution in [3.05, 3.63) is 94.6 Å². The van der Waals surface area contributed by atoms with E-state index in [1.807, 2.05) is 0 Å². The molecule has 1 amide bonds. The van der Waals surface area contributed by atoms with Crippen LogP contribution in [0.1, 0.15) is 40.0 Å². The molecule has 8 heteroatoms. The summed E-state index contributed by atoms with van der Waals surface area (Å²) in [6, 6.07) is 16.1. The summed E-state index contributed by atoms with van der Waals surface area (Å²) in [5, 5.41) is 21.4. The lowest BCUT2D eigenvalue weighted by Crippen LogP contribution is -2.29. The molecule has 1 aliphatic rings. The Kier molecular flexibility index (Phi) is 6.78. The number of rotatable bonds is 6. The number of phenolic OH excluding ortho intramolecular Hbond substituents is 1. The monoisotopic (exact) mass is 487 g/mol. The van der Waals surface area contributed by atoms with Gasteiger partial charge in [0.2, 0.25) is 0 Å². The van der Waals surface area contributed by atoms with Crippen molar-refractivity contribution in [1.29, 1.82) is 0 Å². The summed E-state index contributed by atoms with van der Waals surface area (Å²) in [7, 11) is 1.53. The maximum Gasteiger partial charge on any atom is 0.338 e. The third-order valence-corrected chi connectivity index (χ3v) is 5.96. The average Bonchev–Trinajstić information content (AvgIpc) is 3.14. The fourth-order valence-corrected chi connectivity index (χ4v) is 4.26. The maximum absolute atomic E-state index is 13.3. The molecule has 3 aromatic rings. The third-order valence-electron chi connectivity index (χ3n) is 5.96. The summed E-state index contributed by atoms with van der Waals surface area (Å²) >= 11 is 0. The normalized spacial score (nSPS) is 16.8. The molecular weight excluding hydrogens is 462 g/mol. The molecule has 4 rings (SSSR count). The number of anilines is 1. The predicted molar refractivity (Wildman–Crippen MR) is 133 cm³/mol. The van der Waals surface area contributed by atoms with Crippen LogP contribution in [-0.4, -0.2) is 41.6 Å². The van der Waals surface area contributed by atoms with Gasteiger partial charge in [-0.15, -0.1) is 0 Å². The predicted octanol–water partition coefficient (Wildman–Crippen LogP) is 4.51. The van der Waals surface area contributed by atoms with Crippen LogP contribution in [0.3, 0.4) is 0 Å². The highest BCUT2D eigenvalue weighted by molar-refractivity contribution is 6.51. The number of hydrogen-bond acceptors (Lipinski definition) is 7. The van der Waals surface area contributed by atoms with E-state index in [1.165, 1.54) is 48.4 Å². The summed E-state index contributed by atoms with van der Waals surface area (Å²) in [4.78, 5) is 39.8. The molecule has 3 aromatic carbocycles. The van der Waals surface area contributed by atoms with Crippen LogP contribution in [0.25, 0.3) is 5.76 Å². The lowest BCUT2D eigenvalue weighted by molar-refractivity contribution is -0.132. The van der Waals surface area contributed by atoms with Crippen LogP contribution >= 0.6 is 0 Å². The number of Topliss-reactive ketones (excluding diaryl/α,β-unsaturated/α-hetero) is 1. The minimum absolute atomic E-state index is 0.0592. The molecule has 0 aromatic heterocycles. The molecule has 1 aliphatic heterocycles. The molecule has 36 heavy (non-hydrogen) atoms. The molecule has 184 valence electrons. The number of aromatic hydroxyl groups is 1. The fourth-order valence-electron chi connectivity index (χ4n) is 4.26. The van der Waals surface area contributed by atoms with Gasteiger partial charge in [0.15, 0.2) is 0 Å². The van der Waals surface area contributed by atoms with Crippen molar-refractivity contribution >= 4 is 29.1 Å². The Morgan fingerprint density at radius 3 is 2.31 bits per heavy atom. The maximum atomic E-state index is 13.3. The number of aryl methyl sites for hydroxylation is 1. The second-order valence-electron chi connectivity index (χ2n) is 8.22. The van der Waals surface area contributed by atoms with E-state index in [2.05, 4.69) is 0 Å². The number of aliphatic hydroxyl groups is 1. The zero-order valence-electron chi connectivity index (χ0n) is 20.0. The van der Waals surface area contributed by atoms with Crippen molar-refractivity contribution in [2.24, 2.45) is 0 Å². The molecule has 8 nitrogen and oxygen atoms in total. The smallest absolute Gasteiger partial charge is 0.338 e. The highest BCUT2D eigenvalue weighted by atomic mass is 16.5. The first-order valence-corrected chi connectivity index (χ1v) is 11.3. The van der Waals surface area contributed by atoms with Crippen LogP contribution < -0.4 is 9.64 Å². The number of benzene rings is 3. The Labute approximate surface area is 208 Å². The molecule has 0 spiro atoms. The second kappa shape index (κ2) is 9.95. The van der Waals surface area contributed by atoms with Gasteiger partial charge in [0.1, 0.15) is 17.3 Å². The third kappa shape index (κ3) is 4.40. The first-order chi connectivity index (χ1) is 17.3. The van der Waals surface area contributed by atoms with Crippen LogP contribution in [0, 0.1) is 6.92 Å². The molecule has 0 saturated carbocycles. The van der Waals surface area contributed by atoms with Gasteiger partial charge in [-0.05, 0) is 79.6 Å². The van der Waals surface area contributed by atoms with E-state index >= 15 is 0 Å². The number of amides is 1. The topological polar surface area (TPSA) is 113 Å². The van der Waals surface area contributed by atoms with E-state index in [4.69, 9.17) is 9.47 Å². The average molecular weight is 488 g/mol. The van der Waals surface area contributed by atoms with Gasteiger partial charge in [-0.2, -0.15) is 0 Å². The lowest BCUT2D eigenvalue weighted by atomic mass is 9.94. The molecule has 1 atom stereocenters. The Balaban J connectivity index is 1.87. The summed E-state index contributed by atoms with van der Waals surface area (Å²) in [5.41, 5.74) is 2.01. The van der Waals surface area contributed by atoms with Crippen LogP contribution in [0.15, 0.2) is 72.3 Å². The number of aliphatic hydroxyl groups excluding tert-OH is 1. The molecule has 1 fully saturated rings. The van der Waals surface area contributed by atoms with Crippen LogP contribution in [0.5, 0.6) is 11.5 Å². The quantitative estimate of drug-likeness (QED) is 0.228. The van der Waals surface area contributed by atoms with Crippen LogP contribution in [0.4, 0.5) is 5.69 Å². The zero-order valence-corrected chi connectivity index (χ0v) is 20.0. The molecule has 0 aliphatic carbocycles. The number of ketones is 1. The number of ether oxygens (including phenoxy) is 2. The minimum atomic E-state index is -1.02. The SMILES string of the molecule is CCOC(=O)c1ccc(N2C(=O)C(=O)/C(=C(\O)c3ccc(OC)c(C)c3)C2c2cccc(O)c2)cc1. The number of methoxy groups -OCH3 is 1. The van der Waals surface area contributed by atoms with Crippen molar-refractivity contribution in [2.45, 2.75) is 19.9 Å². The number of carbonyl (C=O) groups is 3. The van der Waals surface area contributed by atoms with Gasteiger partial charge in [0, 0.05) is 11.3 Å². The van der Waals surface area contributed by atoms with Gasteiger partial charge in [0.05, 0.1) is 30.9 Å². The van der Waals surface area contributed by atoms with Crippen LogP contribution in [-0.2, 0) is 14.3 Å². The zero-order chi connectivity index (χ0) is 26.0. The van der Waals surface area contributed by atoms with Crippen molar-refractivity contribution in [3.8, 4) is 11.5 Å². The molecule has 1 unspecified atom stereocenters. The van der Waals surface area contributed by atoms with E-state index in [0.717, 1.165) is 5.56 Å². The molecule has 0 radical (unpaired) electrons. The Hall–Kier alpha value is -4.59. The van der Waals surface area contributed by atoms with Gasteiger partial charge < -0.3 is 19.7 Å². The summed E-state index contributed by atoms with van der Waals surface area (Å²) in [6.07, 6.45) is 0. The molecule has 0 bridgehead atoms. The van der Waals surface area contributed by atoms with Gasteiger partial charge >= 0.3 is 5.97 Å². The highest BCUT2D eigenvalue weighted by Crippen LogP contribution is 2.43. The van der Waals surface area contributed by atoms with E-state index < -0.39 is 23.7 Å². The van der Waals surface area contributed by atoms with Crippen LogP contribution in [0.2, 0.25) is 0 Å². The first-order valence-electron chi connectivity index (χ1n) is 11.3. The molecular formula is C28H25NO7. The number of phenols is 1. The molecule has 2 N–H and O–H groups in total. The van der Waals surface area contributed by atoms with Crippen molar-refractivity contribution in [3.63, 3.8) is 0 Å². The molecule has 1 saturated heterocycles. The number of carbonyl (C=O) groups excluding carboxylic acids is 3. The molecule has 1 heterocycles. The Morgan fingerprint density at radius 2 is 1.69 bits per heavy atom. The Morgan fingerprint density at radius 1 is 1.00 bits per heavy atom. The largest absolute Gasteiger partial charge is 0.508 e. The number of nitrogens with zero attached hydrogens (tertiary/aromatic N) is 1. The summed E-state index contributed by atoms with van der Waals surface area (Å²) in [6.45, 7) is 3.72. The summed E-state index contributed by atoms with van der Waals surface area (Å²) < 4.78 is 10.3. The lowest BCUT2D eigenvalue weighted by Gasteiger charge is -2.25. The van der Waals surface area contributed by atoms with E-state index in [1.54, 1.807) is 44.2 Å². The van der Waals surface area contributed by atoms with E-state index in [-0.39, 0.29) is 23.7 Å². The van der Waals surface area contributed by atoms with Gasteiger partial charge in [-0.25, -0.2) is 4.79 Å². The van der Waals surface area contributed by atoms with E-state index in [9.17, 15) is 24.6 Å². The van der Waals surface area contributed by atoms with Gasteiger partial charge in [-0.3, -0.25) is 14.5 Å². The second-order valence-corrected chi connectivity index (χ2v) is 8.22. The van der Waals surface area contributed by atoms with Gasteiger partial charge in [-0.1, -0.05) is 12.1 Å². The number of esters is 1. The van der Waals surface area contributed by atoms with Gasteiger partial charge in [0.25, 0.3) is 11.7 Å². The van der Waals surface area contributed by atoms with Crippen molar-refractivity contribution < 1.29 is 34.1 Å². The minimum Gasteiger partial charge on any atom is -0.508 e. The Bertz CT molecular complexity index is 1370. The van der Waals surface area contributed by atoms with Crippen molar-refractivity contribution in [1.82, 2.24) is 0 Å². The summed E-state index contributed by atoms with van der Waals surface area (Å²) in [5.74, 6) is -2.03.